The molecule has 0 aromatic rings. The number of fused-ring (bicyclic) bond motifs is 4. The Hall–Kier alpha value is -1.12. The van der Waals surface area contributed by atoms with Gasteiger partial charge in [-0.15, -0.1) is 0 Å². The largest absolute Gasteiger partial charge is 0.345 e. The molecule has 3 heteroatoms. The van der Waals surface area contributed by atoms with Crippen LogP contribution in [0.4, 0.5) is 0 Å². The van der Waals surface area contributed by atoms with Crippen molar-refractivity contribution in [3.63, 3.8) is 0 Å². The molecular weight excluding hydrogens is 298 g/mol. The number of hydrogen-bond acceptors (Lipinski definition) is 3. The van der Waals surface area contributed by atoms with Crippen LogP contribution >= 0.6 is 0 Å². The topological polar surface area (TPSA) is 38.7 Å². The molecule has 4 atom stereocenters. The maximum Gasteiger partial charge on any atom is 0.345 e. The van der Waals surface area contributed by atoms with Crippen LogP contribution in [0.25, 0.3) is 0 Å². The van der Waals surface area contributed by atoms with E-state index in [1.807, 2.05) is 0 Å². The van der Waals surface area contributed by atoms with Crippen LogP contribution in [0.2, 0.25) is 0 Å². The third kappa shape index (κ3) is 1.69. The van der Waals surface area contributed by atoms with Gasteiger partial charge in [0.25, 0.3) is 0 Å². The minimum Gasteiger partial charge on any atom is -0.317 e. The normalized spacial score (nSPS) is 46.0. The van der Waals surface area contributed by atoms with E-state index in [1.165, 1.54) is 6.42 Å². The number of nitrogens with zero attached hydrogens (tertiary/aromatic N) is 1. The number of rotatable bonds is 2. The maximum absolute atomic E-state index is 13.0. The van der Waals surface area contributed by atoms with E-state index < -0.39 is 5.41 Å². The Morgan fingerprint density at radius 1 is 1.12 bits per heavy atom. The van der Waals surface area contributed by atoms with Crippen LogP contribution in [0, 0.1) is 33.5 Å². The average molecular weight is 329 g/mol. The number of carbonyl (C=O) groups is 1. The molecule has 0 spiro atoms. The number of oxime groups is 1. The summed E-state index contributed by atoms with van der Waals surface area (Å²) in [6.07, 6.45) is 6.30. The van der Waals surface area contributed by atoms with Crippen molar-refractivity contribution < 1.29 is 9.63 Å². The number of hydrogen-bond donors (Lipinski definition) is 0. The lowest BCUT2D eigenvalue weighted by atomic mass is 9.68. The summed E-state index contributed by atoms with van der Waals surface area (Å²) in [4.78, 5) is 18.6. The summed E-state index contributed by atoms with van der Waals surface area (Å²) in [5.74, 6) is 1.08. The maximum atomic E-state index is 13.0. The second-order valence-corrected chi connectivity index (χ2v) is 10.1. The molecule has 0 aromatic carbocycles. The van der Waals surface area contributed by atoms with Crippen molar-refractivity contribution in [2.75, 3.05) is 0 Å². The van der Waals surface area contributed by atoms with Crippen molar-refractivity contribution in [2.45, 2.75) is 73.1 Å². The SMILES string of the molecule is C=C1C2(C(=O)O/N=C3\CC4CCC3(C)C4(C)C)CCC(C2)C1(C)C. The van der Waals surface area contributed by atoms with Crippen LogP contribution < -0.4 is 0 Å². The van der Waals surface area contributed by atoms with Crippen molar-refractivity contribution in [2.24, 2.45) is 38.7 Å². The van der Waals surface area contributed by atoms with Crippen LogP contribution in [0.1, 0.15) is 73.1 Å². The van der Waals surface area contributed by atoms with Gasteiger partial charge in [-0.3, -0.25) is 0 Å². The first-order valence-electron chi connectivity index (χ1n) is 9.54. The Labute approximate surface area is 145 Å². The van der Waals surface area contributed by atoms with E-state index in [-0.39, 0.29) is 22.2 Å². The lowest BCUT2D eigenvalue weighted by molar-refractivity contribution is -0.153. The van der Waals surface area contributed by atoms with Crippen LogP contribution in [0.5, 0.6) is 0 Å². The fraction of sp³-hybridized carbons (Fsp3) is 0.810. The van der Waals surface area contributed by atoms with E-state index >= 15 is 0 Å². The zero-order valence-electron chi connectivity index (χ0n) is 15.9. The molecule has 24 heavy (non-hydrogen) atoms. The second kappa shape index (κ2) is 4.53. The van der Waals surface area contributed by atoms with E-state index in [0.717, 1.165) is 43.4 Å². The summed E-state index contributed by atoms with van der Waals surface area (Å²) >= 11 is 0. The molecule has 4 bridgehead atoms. The van der Waals surface area contributed by atoms with E-state index in [1.54, 1.807) is 0 Å². The first-order chi connectivity index (χ1) is 11.1. The van der Waals surface area contributed by atoms with Crippen molar-refractivity contribution in [1.29, 1.82) is 0 Å². The molecule has 4 aliphatic carbocycles. The van der Waals surface area contributed by atoms with Gasteiger partial charge in [0.05, 0.1) is 11.1 Å². The molecule has 132 valence electrons. The predicted octanol–water partition coefficient (Wildman–Crippen LogP) is 5.11. The first kappa shape index (κ1) is 16.4. The van der Waals surface area contributed by atoms with E-state index in [9.17, 15) is 4.79 Å². The van der Waals surface area contributed by atoms with Crippen LogP contribution in [0.3, 0.4) is 0 Å². The third-order valence-electron chi connectivity index (χ3n) is 9.03. The highest BCUT2D eigenvalue weighted by atomic mass is 16.7. The van der Waals surface area contributed by atoms with Gasteiger partial charge in [-0.1, -0.05) is 51.9 Å². The summed E-state index contributed by atoms with van der Waals surface area (Å²) in [6.45, 7) is 15.7. The molecule has 4 unspecified atom stereocenters. The van der Waals surface area contributed by atoms with E-state index in [4.69, 9.17) is 4.84 Å². The first-order valence-corrected chi connectivity index (χ1v) is 9.54. The highest BCUT2D eigenvalue weighted by Crippen LogP contribution is 2.66. The van der Waals surface area contributed by atoms with Gasteiger partial charge >= 0.3 is 5.97 Å². The molecule has 4 rings (SSSR count). The molecule has 0 amide bonds. The minimum atomic E-state index is -0.480. The fourth-order valence-corrected chi connectivity index (χ4v) is 6.36. The Morgan fingerprint density at radius 3 is 2.29 bits per heavy atom. The summed E-state index contributed by atoms with van der Waals surface area (Å²) in [5.41, 5.74) is 2.08. The van der Waals surface area contributed by atoms with Gasteiger partial charge in [0, 0.05) is 5.41 Å². The highest BCUT2D eigenvalue weighted by molar-refractivity contribution is 5.94. The van der Waals surface area contributed by atoms with Gasteiger partial charge in [0.15, 0.2) is 0 Å². The van der Waals surface area contributed by atoms with E-state index in [0.29, 0.717) is 11.8 Å². The molecule has 0 radical (unpaired) electrons. The fourth-order valence-electron chi connectivity index (χ4n) is 6.36. The Bertz CT molecular complexity index is 659. The summed E-state index contributed by atoms with van der Waals surface area (Å²) in [7, 11) is 0. The molecule has 0 heterocycles. The molecule has 0 aliphatic heterocycles. The van der Waals surface area contributed by atoms with Crippen molar-refractivity contribution >= 4 is 11.7 Å². The summed E-state index contributed by atoms with van der Waals surface area (Å²) in [5, 5.41) is 4.44. The molecule has 0 saturated heterocycles. The standard InChI is InChI=1S/C21H31NO2/c1-13-18(2,3)15-8-10-21(13,12-15)17(23)24-22-16-11-14-7-9-20(16,6)19(14,4)5/h14-15H,1,7-12H2,2-6H3/b22-16+. The lowest BCUT2D eigenvalue weighted by Gasteiger charge is -2.36. The monoisotopic (exact) mass is 329 g/mol. The molecular formula is C21H31NO2. The molecule has 4 aliphatic rings. The van der Waals surface area contributed by atoms with E-state index in [2.05, 4.69) is 46.4 Å². The molecule has 0 aromatic heterocycles. The Kier molecular flexibility index (Phi) is 3.09. The van der Waals surface area contributed by atoms with Crippen molar-refractivity contribution in [3.05, 3.63) is 12.2 Å². The highest BCUT2D eigenvalue weighted by Gasteiger charge is 2.63. The number of carbonyl (C=O) groups excluding carboxylic acids is 1. The molecule has 3 nitrogen and oxygen atoms in total. The lowest BCUT2D eigenvalue weighted by Crippen LogP contribution is -2.35. The quantitative estimate of drug-likeness (QED) is 0.401. The molecule has 4 fully saturated rings. The zero-order valence-corrected chi connectivity index (χ0v) is 15.9. The van der Waals surface area contributed by atoms with Crippen LogP contribution in [-0.2, 0) is 9.63 Å². The van der Waals surface area contributed by atoms with Gasteiger partial charge in [-0.05, 0) is 61.2 Å². The van der Waals surface area contributed by atoms with Gasteiger partial charge in [-0.2, -0.15) is 0 Å². The zero-order chi connectivity index (χ0) is 17.5. The van der Waals surface area contributed by atoms with Crippen LogP contribution in [0.15, 0.2) is 17.3 Å². The van der Waals surface area contributed by atoms with Gasteiger partial charge < -0.3 is 4.84 Å². The van der Waals surface area contributed by atoms with Crippen molar-refractivity contribution in [3.8, 4) is 0 Å². The van der Waals surface area contributed by atoms with Crippen LogP contribution in [-0.4, -0.2) is 11.7 Å². The minimum absolute atomic E-state index is 0.0464. The average Bonchev–Trinajstić information content (AvgIpc) is 3.16. The smallest absolute Gasteiger partial charge is 0.317 e. The van der Waals surface area contributed by atoms with Crippen molar-refractivity contribution in [1.82, 2.24) is 0 Å². The third-order valence-corrected chi connectivity index (χ3v) is 9.03. The van der Waals surface area contributed by atoms with Gasteiger partial charge in [0.1, 0.15) is 0 Å². The second-order valence-electron chi connectivity index (χ2n) is 10.1. The predicted molar refractivity (Wildman–Crippen MR) is 95.5 cm³/mol. The summed E-state index contributed by atoms with van der Waals surface area (Å²) < 4.78 is 0. The summed E-state index contributed by atoms with van der Waals surface area (Å²) in [6, 6.07) is 0. The van der Waals surface area contributed by atoms with Gasteiger partial charge in [-0.25, -0.2) is 4.79 Å². The molecule has 4 saturated carbocycles. The Balaban J connectivity index is 1.56. The molecule has 0 N–H and O–H groups in total. The Morgan fingerprint density at radius 2 is 1.79 bits per heavy atom. The van der Waals surface area contributed by atoms with Gasteiger partial charge in [0.2, 0.25) is 0 Å².